The molecule has 1 aromatic heterocycles. The first kappa shape index (κ1) is 14.2. The maximum atomic E-state index is 5.50. The van der Waals surface area contributed by atoms with Crippen LogP contribution in [0.4, 0.5) is 5.69 Å². The van der Waals surface area contributed by atoms with Gasteiger partial charge in [0, 0.05) is 36.6 Å². The Kier molecular flexibility index (Phi) is 4.50. The van der Waals surface area contributed by atoms with Crippen molar-refractivity contribution in [2.45, 2.75) is 20.4 Å². The fraction of sp³-hybridized carbons (Fsp3) is 0.400. The van der Waals surface area contributed by atoms with Gasteiger partial charge in [0.05, 0.1) is 19.9 Å². The number of rotatable bonds is 6. The van der Waals surface area contributed by atoms with Gasteiger partial charge in [-0.05, 0) is 26.0 Å². The van der Waals surface area contributed by atoms with E-state index in [0.717, 1.165) is 29.4 Å². The van der Waals surface area contributed by atoms with Crippen LogP contribution >= 0.6 is 0 Å². The molecule has 0 amide bonds. The van der Waals surface area contributed by atoms with Crippen LogP contribution in [0.25, 0.3) is 0 Å². The summed E-state index contributed by atoms with van der Waals surface area (Å²) in [5, 5.41) is 7.60. The zero-order chi connectivity index (χ0) is 14.5. The summed E-state index contributed by atoms with van der Waals surface area (Å²) in [5.74, 6) is 1.50. The number of aryl methyl sites for hydroxylation is 1. The smallest absolute Gasteiger partial charge is 0.162 e. The molecule has 1 aromatic carbocycles. The highest BCUT2D eigenvalue weighted by molar-refractivity contribution is 5.55. The summed E-state index contributed by atoms with van der Waals surface area (Å²) in [7, 11) is 3.59. The van der Waals surface area contributed by atoms with Crippen molar-refractivity contribution in [3.63, 3.8) is 0 Å². The van der Waals surface area contributed by atoms with E-state index in [2.05, 4.69) is 17.3 Å². The standard InChI is InChI=1S/C15H21N3O2/c1-5-20-14-7-6-13(8-15(14)19-4)16-9-12-10-17-18(3)11(12)2/h6-8,10,16H,5,9H2,1-4H3. The lowest BCUT2D eigenvalue weighted by molar-refractivity contribution is 0.311. The minimum atomic E-state index is 0.623. The first-order chi connectivity index (χ1) is 9.65. The minimum absolute atomic E-state index is 0.623. The predicted octanol–water partition coefficient (Wildman–Crippen LogP) is 2.75. The van der Waals surface area contributed by atoms with Crippen LogP contribution in [0.1, 0.15) is 18.2 Å². The molecule has 0 radical (unpaired) electrons. The Morgan fingerprint density at radius 1 is 1.30 bits per heavy atom. The van der Waals surface area contributed by atoms with E-state index in [9.17, 15) is 0 Å². The van der Waals surface area contributed by atoms with Crippen molar-refractivity contribution in [1.29, 1.82) is 0 Å². The normalized spacial score (nSPS) is 10.4. The highest BCUT2D eigenvalue weighted by Gasteiger charge is 2.07. The Balaban J connectivity index is 2.08. The second kappa shape index (κ2) is 6.32. The van der Waals surface area contributed by atoms with Gasteiger partial charge in [0.15, 0.2) is 11.5 Å². The number of methoxy groups -OCH3 is 1. The topological polar surface area (TPSA) is 48.3 Å². The summed E-state index contributed by atoms with van der Waals surface area (Å²) in [6, 6.07) is 5.84. The van der Waals surface area contributed by atoms with E-state index in [1.807, 2.05) is 43.0 Å². The third-order valence-corrected chi connectivity index (χ3v) is 3.28. The fourth-order valence-corrected chi connectivity index (χ4v) is 1.97. The minimum Gasteiger partial charge on any atom is -0.493 e. The third kappa shape index (κ3) is 3.04. The predicted molar refractivity (Wildman–Crippen MR) is 79.4 cm³/mol. The molecular weight excluding hydrogens is 254 g/mol. The molecule has 0 bridgehead atoms. The van der Waals surface area contributed by atoms with E-state index in [-0.39, 0.29) is 0 Å². The van der Waals surface area contributed by atoms with Gasteiger partial charge in [-0.25, -0.2) is 0 Å². The maximum absolute atomic E-state index is 5.50. The van der Waals surface area contributed by atoms with E-state index in [1.54, 1.807) is 7.11 Å². The van der Waals surface area contributed by atoms with Gasteiger partial charge in [0.2, 0.25) is 0 Å². The fourth-order valence-electron chi connectivity index (χ4n) is 1.97. The molecule has 0 aliphatic heterocycles. The molecule has 2 rings (SSSR count). The van der Waals surface area contributed by atoms with Crippen molar-refractivity contribution >= 4 is 5.69 Å². The average molecular weight is 275 g/mol. The van der Waals surface area contributed by atoms with Crippen LogP contribution in [0, 0.1) is 6.92 Å². The number of hydrogen-bond acceptors (Lipinski definition) is 4. The highest BCUT2D eigenvalue weighted by Crippen LogP contribution is 2.30. The van der Waals surface area contributed by atoms with Crippen molar-refractivity contribution in [1.82, 2.24) is 9.78 Å². The van der Waals surface area contributed by atoms with Gasteiger partial charge in [-0.15, -0.1) is 0 Å². The number of nitrogens with zero attached hydrogens (tertiary/aromatic N) is 2. The monoisotopic (exact) mass is 275 g/mol. The summed E-state index contributed by atoms with van der Waals surface area (Å²) >= 11 is 0. The lowest BCUT2D eigenvalue weighted by Gasteiger charge is -2.12. The van der Waals surface area contributed by atoms with Crippen molar-refractivity contribution in [3.8, 4) is 11.5 Å². The van der Waals surface area contributed by atoms with Gasteiger partial charge in [-0.1, -0.05) is 0 Å². The van der Waals surface area contributed by atoms with Crippen molar-refractivity contribution in [3.05, 3.63) is 35.7 Å². The van der Waals surface area contributed by atoms with E-state index in [4.69, 9.17) is 9.47 Å². The third-order valence-electron chi connectivity index (χ3n) is 3.28. The Bertz CT molecular complexity index is 578. The van der Waals surface area contributed by atoms with Crippen molar-refractivity contribution < 1.29 is 9.47 Å². The lowest BCUT2D eigenvalue weighted by Crippen LogP contribution is -2.02. The van der Waals surface area contributed by atoms with Gasteiger partial charge in [0.25, 0.3) is 0 Å². The molecule has 5 nitrogen and oxygen atoms in total. The van der Waals surface area contributed by atoms with Crippen LogP contribution < -0.4 is 14.8 Å². The van der Waals surface area contributed by atoms with Crippen LogP contribution in [0.3, 0.4) is 0 Å². The number of ether oxygens (including phenoxy) is 2. The molecule has 2 aromatic rings. The van der Waals surface area contributed by atoms with E-state index in [0.29, 0.717) is 6.61 Å². The van der Waals surface area contributed by atoms with Crippen molar-refractivity contribution in [2.24, 2.45) is 7.05 Å². The van der Waals surface area contributed by atoms with Crippen LogP contribution in [0.2, 0.25) is 0 Å². The summed E-state index contributed by atoms with van der Waals surface area (Å²) in [6.45, 7) is 5.37. The molecule has 0 aliphatic carbocycles. The van der Waals surface area contributed by atoms with Crippen LogP contribution in [0.5, 0.6) is 11.5 Å². The molecule has 108 valence electrons. The molecule has 0 saturated carbocycles. The number of benzene rings is 1. The number of anilines is 1. The molecule has 0 aliphatic rings. The van der Waals surface area contributed by atoms with Gasteiger partial charge >= 0.3 is 0 Å². The molecule has 1 heterocycles. The van der Waals surface area contributed by atoms with E-state index < -0.39 is 0 Å². The first-order valence-corrected chi connectivity index (χ1v) is 6.68. The molecule has 20 heavy (non-hydrogen) atoms. The van der Waals surface area contributed by atoms with Gasteiger partial charge in [-0.2, -0.15) is 5.10 Å². The van der Waals surface area contributed by atoms with E-state index >= 15 is 0 Å². The summed E-state index contributed by atoms with van der Waals surface area (Å²) in [4.78, 5) is 0. The molecule has 1 N–H and O–H groups in total. The van der Waals surface area contributed by atoms with Gasteiger partial charge < -0.3 is 14.8 Å². The Morgan fingerprint density at radius 3 is 2.70 bits per heavy atom. The Morgan fingerprint density at radius 2 is 2.10 bits per heavy atom. The van der Waals surface area contributed by atoms with Gasteiger partial charge in [0.1, 0.15) is 0 Å². The van der Waals surface area contributed by atoms with Crippen LogP contribution in [0.15, 0.2) is 24.4 Å². The molecular formula is C15H21N3O2. The molecule has 0 fully saturated rings. The lowest BCUT2D eigenvalue weighted by atomic mass is 10.2. The van der Waals surface area contributed by atoms with E-state index in [1.165, 1.54) is 5.56 Å². The number of nitrogens with one attached hydrogen (secondary N) is 1. The van der Waals surface area contributed by atoms with Crippen LogP contribution in [-0.2, 0) is 13.6 Å². The number of hydrogen-bond donors (Lipinski definition) is 1. The van der Waals surface area contributed by atoms with Gasteiger partial charge in [-0.3, -0.25) is 4.68 Å². The summed E-state index contributed by atoms with van der Waals surface area (Å²) in [6.07, 6.45) is 1.88. The zero-order valence-corrected chi connectivity index (χ0v) is 12.4. The maximum Gasteiger partial charge on any atom is 0.162 e. The molecule has 5 heteroatoms. The zero-order valence-electron chi connectivity index (χ0n) is 12.4. The Labute approximate surface area is 119 Å². The molecule has 0 spiro atoms. The SMILES string of the molecule is CCOc1ccc(NCc2cnn(C)c2C)cc1OC. The quantitative estimate of drug-likeness (QED) is 0.880. The van der Waals surface area contributed by atoms with Crippen molar-refractivity contribution in [2.75, 3.05) is 19.0 Å². The molecule has 0 atom stereocenters. The second-order valence-corrected chi connectivity index (χ2v) is 4.53. The number of aromatic nitrogens is 2. The molecule has 0 saturated heterocycles. The Hall–Kier alpha value is -2.17. The molecule has 0 unspecified atom stereocenters. The largest absolute Gasteiger partial charge is 0.493 e. The summed E-state index contributed by atoms with van der Waals surface area (Å²) < 4.78 is 12.7. The second-order valence-electron chi connectivity index (χ2n) is 4.53. The average Bonchev–Trinajstić information content (AvgIpc) is 2.78. The first-order valence-electron chi connectivity index (χ1n) is 6.68. The van der Waals surface area contributed by atoms with Crippen LogP contribution in [-0.4, -0.2) is 23.5 Å². The summed E-state index contributed by atoms with van der Waals surface area (Å²) in [5.41, 5.74) is 3.34. The highest BCUT2D eigenvalue weighted by atomic mass is 16.5.